The van der Waals surface area contributed by atoms with Crippen LogP contribution in [0.5, 0.6) is 0 Å². The third-order valence-electron chi connectivity index (χ3n) is 2.92. The Labute approximate surface area is 135 Å². The van der Waals surface area contributed by atoms with E-state index in [0.717, 1.165) is 0 Å². The van der Waals surface area contributed by atoms with Crippen LogP contribution >= 0.6 is 15.9 Å². The molecule has 0 aliphatic heterocycles. The topological polar surface area (TPSA) is 90.7 Å². The van der Waals surface area contributed by atoms with Crippen LogP contribution in [0.1, 0.15) is 16.7 Å². The van der Waals surface area contributed by atoms with Gasteiger partial charge in [-0.2, -0.15) is 10.5 Å². The van der Waals surface area contributed by atoms with E-state index in [1.165, 1.54) is 12.1 Å². The van der Waals surface area contributed by atoms with Gasteiger partial charge in [0.15, 0.2) is 0 Å². The average Bonchev–Trinajstić information content (AvgIpc) is 2.53. The lowest BCUT2D eigenvalue weighted by Gasteiger charge is -2.02. The number of nitriles is 2. The number of non-ortho nitro benzene ring substituents is 1. The van der Waals surface area contributed by atoms with Gasteiger partial charge in [0, 0.05) is 16.6 Å². The number of nitrogens with zero attached hydrogens (tertiary/aromatic N) is 3. The van der Waals surface area contributed by atoms with Crippen LogP contribution in [0.4, 0.5) is 5.69 Å². The lowest BCUT2D eigenvalue weighted by Crippen LogP contribution is -1.89. The zero-order valence-corrected chi connectivity index (χ0v) is 12.7. The molecule has 0 spiro atoms. The first-order chi connectivity index (χ1) is 10.5. The highest BCUT2D eigenvalue weighted by atomic mass is 79.9. The smallest absolute Gasteiger partial charge is 0.258 e. The molecule has 0 N–H and O–H groups in total. The van der Waals surface area contributed by atoms with Crippen molar-refractivity contribution in [3.05, 3.63) is 73.7 Å². The van der Waals surface area contributed by atoms with Crippen molar-refractivity contribution in [2.45, 2.75) is 0 Å². The van der Waals surface area contributed by atoms with Gasteiger partial charge in [0.2, 0.25) is 0 Å². The van der Waals surface area contributed by atoms with Gasteiger partial charge in [0.1, 0.15) is 0 Å². The highest BCUT2D eigenvalue weighted by Gasteiger charge is 2.09. The van der Waals surface area contributed by atoms with Crippen molar-refractivity contribution < 1.29 is 4.92 Å². The van der Waals surface area contributed by atoms with E-state index in [1.807, 2.05) is 6.07 Å². The zero-order chi connectivity index (χ0) is 16.1. The van der Waals surface area contributed by atoms with Gasteiger partial charge in [-0.3, -0.25) is 10.1 Å². The van der Waals surface area contributed by atoms with Gasteiger partial charge >= 0.3 is 0 Å². The number of halogens is 1. The van der Waals surface area contributed by atoms with Gasteiger partial charge in [-0.15, -0.1) is 0 Å². The fourth-order valence-electron chi connectivity index (χ4n) is 1.84. The molecule has 0 unspecified atom stereocenters. The molecule has 0 fully saturated rings. The first-order valence-corrected chi connectivity index (χ1v) is 6.90. The van der Waals surface area contributed by atoms with E-state index in [2.05, 4.69) is 22.0 Å². The molecule has 2 rings (SSSR count). The van der Waals surface area contributed by atoms with E-state index in [1.54, 1.807) is 36.4 Å². The van der Waals surface area contributed by atoms with E-state index >= 15 is 0 Å². The second kappa shape index (κ2) is 6.66. The average molecular weight is 354 g/mol. The maximum Gasteiger partial charge on any atom is 0.270 e. The maximum atomic E-state index is 10.7. The Morgan fingerprint density at radius 3 is 2.59 bits per heavy atom. The molecule has 0 saturated carbocycles. The Bertz CT molecular complexity index is 860. The van der Waals surface area contributed by atoms with Gasteiger partial charge in [-0.05, 0) is 51.3 Å². The number of nitro groups is 1. The molecule has 2 aromatic carbocycles. The van der Waals surface area contributed by atoms with Crippen LogP contribution in [0.25, 0.3) is 11.6 Å². The normalized spacial score (nSPS) is 10.6. The summed E-state index contributed by atoms with van der Waals surface area (Å²) < 4.78 is 0.519. The van der Waals surface area contributed by atoms with Gasteiger partial charge in [0.05, 0.1) is 28.2 Å². The molecule has 22 heavy (non-hydrogen) atoms. The summed E-state index contributed by atoms with van der Waals surface area (Å²) in [5.41, 5.74) is 2.05. The first-order valence-electron chi connectivity index (χ1n) is 6.11. The van der Waals surface area contributed by atoms with Crippen LogP contribution in [-0.4, -0.2) is 4.92 Å². The van der Waals surface area contributed by atoms with E-state index in [0.29, 0.717) is 26.7 Å². The van der Waals surface area contributed by atoms with Crippen molar-refractivity contribution >= 4 is 33.3 Å². The number of nitro benzene ring substituents is 1. The van der Waals surface area contributed by atoms with Crippen molar-refractivity contribution in [2.24, 2.45) is 0 Å². The van der Waals surface area contributed by atoms with Crippen molar-refractivity contribution in [1.29, 1.82) is 10.5 Å². The summed E-state index contributed by atoms with van der Waals surface area (Å²) >= 11 is 3.26. The molecule has 0 bridgehead atoms. The number of rotatable bonds is 3. The fourth-order valence-corrected chi connectivity index (χ4v) is 2.32. The van der Waals surface area contributed by atoms with Gasteiger partial charge in [-0.25, -0.2) is 0 Å². The molecule has 6 heteroatoms. The van der Waals surface area contributed by atoms with Crippen LogP contribution in [-0.2, 0) is 0 Å². The molecule has 0 atom stereocenters. The minimum Gasteiger partial charge on any atom is -0.258 e. The standard InChI is InChI=1S/C16H8BrN3O2/c17-16-8-15(20(21)22)5-4-13(16)7-14(10-19)12-3-1-2-11(6-12)9-18/h1-8H/b14-7-. The first kappa shape index (κ1) is 15.4. The third kappa shape index (κ3) is 3.38. The lowest BCUT2D eigenvalue weighted by molar-refractivity contribution is -0.384. The maximum absolute atomic E-state index is 10.7. The Kier molecular flexibility index (Phi) is 4.67. The lowest BCUT2D eigenvalue weighted by atomic mass is 10.0. The minimum absolute atomic E-state index is 0.0333. The van der Waals surface area contributed by atoms with Crippen molar-refractivity contribution in [3.8, 4) is 12.1 Å². The minimum atomic E-state index is -0.486. The van der Waals surface area contributed by atoms with Gasteiger partial charge in [-0.1, -0.05) is 12.1 Å². The van der Waals surface area contributed by atoms with Crippen molar-refractivity contribution in [3.63, 3.8) is 0 Å². The number of hydrogen-bond donors (Lipinski definition) is 0. The molecule has 0 aromatic heterocycles. The molecular formula is C16H8BrN3O2. The summed E-state index contributed by atoms with van der Waals surface area (Å²) in [6.45, 7) is 0. The molecule has 2 aromatic rings. The van der Waals surface area contributed by atoms with Crippen molar-refractivity contribution in [2.75, 3.05) is 0 Å². The summed E-state index contributed by atoms with van der Waals surface area (Å²) in [4.78, 5) is 10.2. The van der Waals surface area contributed by atoms with E-state index < -0.39 is 4.92 Å². The molecule has 0 heterocycles. The monoisotopic (exact) mass is 353 g/mol. The highest BCUT2D eigenvalue weighted by Crippen LogP contribution is 2.27. The summed E-state index contributed by atoms with van der Waals surface area (Å²) in [5.74, 6) is 0. The Morgan fingerprint density at radius 2 is 2.00 bits per heavy atom. The molecule has 5 nitrogen and oxygen atoms in total. The predicted molar refractivity (Wildman–Crippen MR) is 85.4 cm³/mol. The quantitative estimate of drug-likeness (QED) is 0.356. The highest BCUT2D eigenvalue weighted by molar-refractivity contribution is 9.10. The molecule has 0 saturated heterocycles. The summed E-state index contributed by atoms with van der Waals surface area (Å²) in [6.07, 6.45) is 1.62. The molecule has 0 aliphatic rings. The Hall–Kier alpha value is -2.96. The molecular weight excluding hydrogens is 346 g/mol. The van der Waals surface area contributed by atoms with E-state index in [9.17, 15) is 15.4 Å². The van der Waals surface area contributed by atoms with Gasteiger partial charge < -0.3 is 0 Å². The van der Waals surface area contributed by atoms with Crippen LogP contribution in [0.2, 0.25) is 0 Å². The molecule has 106 valence electrons. The third-order valence-corrected chi connectivity index (χ3v) is 3.60. The predicted octanol–water partition coefficient (Wildman–Crippen LogP) is 4.29. The Balaban J connectivity index is 2.48. The summed E-state index contributed by atoms with van der Waals surface area (Å²) in [6, 6.07) is 15.1. The molecule has 0 amide bonds. The SMILES string of the molecule is N#C/C(=C/c1ccc([N+](=O)[O-])cc1Br)c1cccc(C#N)c1. The van der Waals surface area contributed by atoms with Crippen LogP contribution < -0.4 is 0 Å². The van der Waals surface area contributed by atoms with Crippen LogP contribution in [0, 0.1) is 32.8 Å². The Morgan fingerprint density at radius 1 is 1.23 bits per heavy atom. The molecule has 0 radical (unpaired) electrons. The van der Waals surface area contributed by atoms with Crippen LogP contribution in [0.15, 0.2) is 46.9 Å². The van der Waals surface area contributed by atoms with Gasteiger partial charge in [0.25, 0.3) is 5.69 Å². The zero-order valence-electron chi connectivity index (χ0n) is 11.2. The molecule has 0 aliphatic carbocycles. The summed E-state index contributed by atoms with van der Waals surface area (Å²) in [7, 11) is 0. The largest absolute Gasteiger partial charge is 0.270 e. The number of allylic oxidation sites excluding steroid dienone is 1. The van der Waals surface area contributed by atoms with Crippen molar-refractivity contribution in [1.82, 2.24) is 0 Å². The van der Waals surface area contributed by atoms with Crippen LogP contribution in [0.3, 0.4) is 0 Å². The summed E-state index contributed by atoms with van der Waals surface area (Å²) in [5, 5.41) is 28.9. The fraction of sp³-hybridized carbons (Fsp3) is 0. The number of benzene rings is 2. The second-order valence-corrected chi connectivity index (χ2v) is 5.18. The second-order valence-electron chi connectivity index (χ2n) is 4.33. The number of hydrogen-bond acceptors (Lipinski definition) is 4. The van der Waals surface area contributed by atoms with E-state index in [-0.39, 0.29) is 5.69 Å². The van der Waals surface area contributed by atoms with E-state index in [4.69, 9.17) is 5.26 Å².